The molecular formula is C21H31IN4OS. The van der Waals surface area contributed by atoms with E-state index in [1.807, 2.05) is 18.4 Å². The largest absolute Gasteiger partial charge is 0.379 e. The maximum absolute atomic E-state index is 5.54. The van der Waals surface area contributed by atoms with Gasteiger partial charge in [-0.25, -0.2) is 0 Å². The molecule has 1 unspecified atom stereocenters. The molecule has 2 heterocycles. The van der Waals surface area contributed by atoms with Crippen LogP contribution in [0.5, 0.6) is 0 Å². The number of aryl methyl sites for hydroxylation is 2. The van der Waals surface area contributed by atoms with Crippen LogP contribution in [0.2, 0.25) is 0 Å². The van der Waals surface area contributed by atoms with Gasteiger partial charge in [0.25, 0.3) is 0 Å². The third-order valence-corrected chi connectivity index (χ3v) is 5.86. The normalized spacial score (nSPS) is 16.3. The predicted octanol–water partition coefficient (Wildman–Crippen LogP) is 3.72. The highest BCUT2D eigenvalue weighted by Gasteiger charge is 2.22. The number of halogens is 1. The summed E-state index contributed by atoms with van der Waals surface area (Å²) in [6, 6.07) is 13.5. The third kappa shape index (κ3) is 6.72. The van der Waals surface area contributed by atoms with Gasteiger partial charge in [-0.05, 0) is 31.5 Å². The highest BCUT2D eigenvalue weighted by Crippen LogP contribution is 2.22. The number of guanidine groups is 1. The van der Waals surface area contributed by atoms with Crippen LogP contribution in [0.25, 0.3) is 0 Å². The number of aliphatic imine (C=N–C) groups is 1. The van der Waals surface area contributed by atoms with E-state index in [-0.39, 0.29) is 24.0 Å². The Hall–Kier alpha value is -1.16. The molecule has 1 saturated heterocycles. The molecular weight excluding hydrogens is 483 g/mol. The Morgan fingerprint density at radius 3 is 2.43 bits per heavy atom. The zero-order valence-electron chi connectivity index (χ0n) is 16.9. The van der Waals surface area contributed by atoms with Gasteiger partial charge in [-0.1, -0.05) is 29.8 Å². The molecule has 0 amide bonds. The summed E-state index contributed by atoms with van der Waals surface area (Å²) < 4.78 is 5.54. The summed E-state index contributed by atoms with van der Waals surface area (Å²) in [7, 11) is 1.82. The number of hydrogen-bond acceptors (Lipinski definition) is 4. The number of ether oxygens (including phenoxy) is 1. The van der Waals surface area contributed by atoms with Crippen molar-refractivity contribution in [3.05, 3.63) is 57.3 Å². The lowest BCUT2D eigenvalue weighted by molar-refractivity contribution is 0.0170. The number of rotatable bonds is 6. The predicted molar refractivity (Wildman–Crippen MR) is 129 cm³/mol. The molecule has 1 aromatic carbocycles. The first-order valence-electron chi connectivity index (χ1n) is 9.54. The van der Waals surface area contributed by atoms with Crippen molar-refractivity contribution >= 4 is 41.3 Å². The van der Waals surface area contributed by atoms with Crippen LogP contribution >= 0.6 is 35.3 Å². The number of thiophene rings is 1. The van der Waals surface area contributed by atoms with Gasteiger partial charge in [-0.15, -0.1) is 35.3 Å². The molecule has 1 aliphatic rings. The minimum absolute atomic E-state index is 0. The molecule has 0 bridgehead atoms. The van der Waals surface area contributed by atoms with Gasteiger partial charge >= 0.3 is 0 Å². The summed E-state index contributed by atoms with van der Waals surface area (Å²) in [4.78, 5) is 9.54. The van der Waals surface area contributed by atoms with Crippen molar-refractivity contribution in [3.8, 4) is 0 Å². The zero-order chi connectivity index (χ0) is 19.1. The number of benzene rings is 1. The smallest absolute Gasteiger partial charge is 0.191 e. The molecule has 0 saturated carbocycles. The first-order valence-corrected chi connectivity index (χ1v) is 10.4. The monoisotopic (exact) mass is 514 g/mol. The molecule has 0 radical (unpaired) electrons. The summed E-state index contributed by atoms with van der Waals surface area (Å²) in [5.41, 5.74) is 2.62. The molecule has 0 aliphatic carbocycles. The molecule has 1 fully saturated rings. The van der Waals surface area contributed by atoms with E-state index in [4.69, 9.17) is 4.74 Å². The molecule has 7 heteroatoms. The lowest BCUT2D eigenvalue weighted by Gasteiger charge is -2.35. The average Bonchev–Trinajstić information content (AvgIpc) is 3.11. The molecule has 154 valence electrons. The second-order valence-corrected chi connectivity index (χ2v) is 8.27. The number of morpholine rings is 1. The van der Waals surface area contributed by atoms with Crippen LogP contribution in [0.3, 0.4) is 0 Å². The highest BCUT2D eigenvalue weighted by molar-refractivity contribution is 14.0. The van der Waals surface area contributed by atoms with Crippen molar-refractivity contribution in [2.45, 2.75) is 26.4 Å². The van der Waals surface area contributed by atoms with E-state index in [9.17, 15) is 0 Å². The molecule has 5 nitrogen and oxygen atoms in total. The Labute approximate surface area is 189 Å². The van der Waals surface area contributed by atoms with Gasteiger partial charge in [0.15, 0.2) is 5.96 Å². The lowest BCUT2D eigenvalue weighted by Crippen LogP contribution is -2.46. The Bertz CT molecular complexity index is 741. The molecule has 1 atom stereocenters. The Morgan fingerprint density at radius 1 is 1.11 bits per heavy atom. The van der Waals surface area contributed by atoms with Gasteiger partial charge < -0.3 is 15.4 Å². The lowest BCUT2D eigenvalue weighted by atomic mass is 10.0. The Morgan fingerprint density at radius 2 is 1.82 bits per heavy atom. The third-order valence-electron chi connectivity index (χ3n) is 4.86. The number of nitrogens with one attached hydrogen (secondary N) is 2. The van der Waals surface area contributed by atoms with Crippen molar-refractivity contribution in [1.29, 1.82) is 0 Å². The minimum Gasteiger partial charge on any atom is -0.379 e. The molecule has 28 heavy (non-hydrogen) atoms. The first-order chi connectivity index (χ1) is 13.2. The molecule has 0 spiro atoms. The van der Waals surface area contributed by atoms with Crippen LogP contribution in [0.4, 0.5) is 0 Å². The fourth-order valence-corrected chi connectivity index (χ4v) is 4.13. The fraction of sp³-hybridized carbons (Fsp3) is 0.476. The van der Waals surface area contributed by atoms with Crippen molar-refractivity contribution in [2.24, 2.45) is 4.99 Å². The summed E-state index contributed by atoms with van der Waals surface area (Å²) in [5, 5.41) is 6.94. The van der Waals surface area contributed by atoms with E-state index < -0.39 is 0 Å². The highest BCUT2D eigenvalue weighted by atomic mass is 127. The van der Waals surface area contributed by atoms with Crippen LogP contribution in [0.1, 0.15) is 26.9 Å². The van der Waals surface area contributed by atoms with Crippen molar-refractivity contribution in [3.63, 3.8) is 0 Å². The van der Waals surface area contributed by atoms with Gasteiger partial charge in [-0.2, -0.15) is 0 Å². The molecule has 3 rings (SSSR count). The van der Waals surface area contributed by atoms with E-state index in [0.717, 1.165) is 45.4 Å². The molecule has 1 aromatic heterocycles. The summed E-state index contributed by atoms with van der Waals surface area (Å²) >= 11 is 1.82. The van der Waals surface area contributed by atoms with E-state index >= 15 is 0 Å². The molecule has 1 aliphatic heterocycles. The van der Waals surface area contributed by atoms with Gasteiger partial charge in [0, 0.05) is 36.4 Å². The maximum atomic E-state index is 5.54. The van der Waals surface area contributed by atoms with E-state index in [1.54, 1.807) is 0 Å². The second-order valence-electron chi connectivity index (χ2n) is 6.89. The molecule has 2 aromatic rings. The minimum atomic E-state index is 0. The van der Waals surface area contributed by atoms with Gasteiger partial charge in [-0.3, -0.25) is 9.89 Å². The first kappa shape index (κ1) is 23.1. The van der Waals surface area contributed by atoms with Gasteiger partial charge in [0.05, 0.1) is 25.8 Å². The zero-order valence-corrected chi connectivity index (χ0v) is 20.1. The van der Waals surface area contributed by atoms with Crippen molar-refractivity contribution in [2.75, 3.05) is 39.9 Å². The Balaban J connectivity index is 0.00000280. The van der Waals surface area contributed by atoms with Gasteiger partial charge in [0.2, 0.25) is 0 Å². The molecule has 2 N–H and O–H groups in total. The average molecular weight is 514 g/mol. The van der Waals surface area contributed by atoms with Crippen LogP contribution in [-0.2, 0) is 11.3 Å². The second kappa shape index (κ2) is 11.7. The topological polar surface area (TPSA) is 48.9 Å². The van der Waals surface area contributed by atoms with Crippen LogP contribution in [-0.4, -0.2) is 50.8 Å². The summed E-state index contributed by atoms with van der Waals surface area (Å²) in [6.07, 6.45) is 0. The van der Waals surface area contributed by atoms with E-state index in [0.29, 0.717) is 6.04 Å². The SMILES string of the molecule is CN=C(NCc1ccc(C)s1)NCC(c1ccc(C)cc1)N1CCOCC1.I. The van der Waals surface area contributed by atoms with E-state index in [2.05, 4.69) is 70.8 Å². The Kier molecular flexibility index (Phi) is 9.70. The summed E-state index contributed by atoms with van der Waals surface area (Å²) in [6.45, 7) is 9.39. The quantitative estimate of drug-likeness (QED) is 0.351. The fourth-order valence-electron chi connectivity index (χ4n) is 3.30. The van der Waals surface area contributed by atoms with Gasteiger partial charge in [0.1, 0.15) is 0 Å². The maximum Gasteiger partial charge on any atom is 0.191 e. The number of hydrogen-bond donors (Lipinski definition) is 2. The van der Waals surface area contributed by atoms with E-state index in [1.165, 1.54) is 20.9 Å². The summed E-state index contributed by atoms with van der Waals surface area (Å²) in [5.74, 6) is 0.839. The number of nitrogens with zero attached hydrogens (tertiary/aromatic N) is 2. The van der Waals surface area contributed by atoms with Crippen LogP contribution < -0.4 is 10.6 Å². The van der Waals surface area contributed by atoms with Crippen LogP contribution in [0, 0.1) is 13.8 Å². The van der Waals surface area contributed by atoms with Crippen molar-refractivity contribution < 1.29 is 4.74 Å². The van der Waals surface area contributed by atoms with Crippen molar-refractivity contribution in [1.82, 2.24) is 15.5 Å². The van der Waals surface area contributed by atoms with Crippen LogP contribution in [0.15, 0.2) is 41.4 Å². The standard InChI is InChI=1S/C21H30N4OS.HI/c1-16-4-7-18(8-5-16)20(25-10-12-26-13-11-25)15-24-21(22-3)23-14-19-9-6-17(2)27-19;/h4-9,20H,10-15H2,1-3H3,(H2,22,23,24);1H.